The van der Waals surface area contributed by atoms with Gasteiger partial charge in [0.15, 0.2) is 0 Å². The number of fused-ring (bicyclic) bond motifs is 1. The zero-order chi connectivity index (χ0) is 19.2. The SMILES string of the molecule is COc1ccc2c(c1)[C@H](C(=O)NCCCc1ccccc1OC)CC(=O)N2. The summed E-state index contributed by atoms with van der Waals surface area (Å²) in [6, 6.07) is 13.2. The van der Waals surface area contributed by atoms with Crippen LogP contribution in [0.1, 0.15) is 29.9 Å². The first-order chi connectivity index (χ1) is 13.1. The van der Waals surface area contributed by atoms with Crippen LogP contribution in [0, 0.1) is 0 Å². The third-order valence-corrected chi connectivity index (χ3v) is 4.73. The van der Waals surface area contributed by atoms with Gasteiger partial charge in [-0.1, -0.05) is 18.2 Å². The summed E-state index contributed by atoms with van der Waals surface area (Å²) in [7, 11) is 3.23. The standard InChI is InChI=1S/C21H24N2O4/c1-26-15-9-10-18-16(12-15)17(13-20(24)23-18)21(25)22-11-5-7-14-6-3-4-8-19(14)27-2/h3-4,6,8-10,12,17H,5,7,11,13H2,1-2H3,(H,22,25)(H,23,24)/t17-/m1/s1. The third kappa shape index (κ3) is 4.39. The lowest BCUT2D eigenvalue weighted by atomic mass is 9.89. The molecule has 3 rings (SSSR count). The average molecular weight is 368 g/mol. The van der Waals surface area contributed by atoms with Gasteiger partial charge in [-0.15, -0.1) is 0 Å². The molecular formula is C21H24N2O4. The molecule has 0 spiro atoms. The molecule has 0 saturated heterocycles. The van der Waals surface area contributed by atoms with E-state index in [0.29, 0.717) is 18.0 Å². The van der Waals surface area contributed by atoms with E-state index in [1.165, 1.54) is 0 Å². The first kappa shape index (κ1) is 18.8. The number of amides is 2. The second-order valence-corrected chi connectivity index (χ2v) is 6.46. The number of ether oxygens (including phenoxy) is 2. The number of methoxy groups -OCH3 is 2. The number of para-hydroxylation sites is 1. The lowest BCUT2D eigenvalue weighted by molar-refractivity contribution is -0.126. The highest BCUT2D eigenvalue weighted by atomic mass is 16.5. The fourth-order valence-electron chi connectivity index (χ4n) is 3.32. The number of anilines is 1. The highest BCUT2D eigenvalue weighted by Crippen LogP contribution is 2.35. The van der Waals surface area contributed by atoms with Gasteiger partial charge in [0.1, 0.15) is 11.5 Å². The Morgan fingerprint density at radius 1 is 1.19 bits per heavy atom. The van der Waals surface area contributed by atoms with E-state index in [1.807, 2.05) is 30.3 Å². The van der Waals surface area contributed by atoms with E-state index in [1.54, 1.807) is 26.4 Å². The molecule has 1 aliphatic heterocycles. The van der Waals surface area contributed by atoms with Crippen LogP contribution in [0.15, 0.2) is 42.5 Å². The Labute approximate surface area is 158 Å². The van der Waals surface area contributed by atoms with Gasteiger partial charge in [0, 0.05) is 18.7 Å². The fraction of sp³-hybridized carbons (Fsp3) is 0.333. The van der Waals surface area contributed by atoms with Gasteiger partial charge < -0.3 is 20.1 Å². The first-order valence-electron chi connectivity index (χ1n) is 8.99. The summed E-state index contributed by atoms with van der Waals surface area (Å²) in [6.45, 7) is 0.536. The molecule has 0 bridgehead atoms. The number of carbonyl (C=O) groups excluding carboxylic acids is 2. The molecule has 0 aromatic heterocycles. The minimum Gasteiger partial charge on any atom is -0.497 e. The summed E-state index contributed by atoms with van der Waals surface area (Å²) >= 11 is 0. The van der Waals surface area contributed by atoms with Crippen molar-refractivity contribution in [3.8, 4) is 11.5 Å². The number of hydrogen-bond donors (Lipinski definition) is 2. The van der Waals surface area contributed by atoms with E-state index in [2.05, 4.69) is 10.6 Å². The van der Waals surface area contributed by atoms with Crippen molar-refractivity contribution >= 4 is 17.5 Å². The molecule has 0 aliphatic carbocycles. The molecule has 2 amide bonds. The summed E-state index contributed by atoms with van der Waals surface area (Å²) in [4.78, 5) is 24.6. The molecule has 6 nitrogen and oxygen atoms in total. The Hall–Kier alpha value is -3.02. The van der Waals surface area contributed by atoms with Gasteiger partial charge in [-0.3, -0.25) is 9.59 Å². The molecule has 0 fully saturated rings. The zero-order valence-corrected chi connectivity index (χ0v) is 15.6. The smallest absolute Gasteiger partial charge is 0.228 e. The van der Waals surface area contributed by atoms with E-state index in [4.69, 9.17) is 9.47 Å². The summed E-state index contributed by atoms with van der Waals surface area (Å²) in [5.74, 6) is 0.726. The predicted octanol–water partition coefficient (Wildman–Crippen LogP) is 2.88. The molecule has 1 aliphatic rings. The van der Waals surface area contributed by atoms with Gasteiger partial charge in [0.25, 0.3) is 0 Å². The minimum atomic E-state index is -0.505. The van der Waals surface area contributed by atoms with Crippen molar-refractivity contribution in [3.05, 3.63) is 53.6 Å². The summed E-state index contributed by atoms with van der Waals surface area (Å²) in [6.07, 6.45) is 1.73. The largest absolute Gasteiger partial charge is 0.497 e. The van der Waals surface area contributed by atoms with Crippen LogP contribution in [0.3, 0.4) is 0 Å². The van der Waals surface area contributed by atoms with Crippen molar-refractivity contribution in [2.75, 3.05) is 26.1 Å². The number of hydrogen-bond acceptors (Lipinski definition) is 4. The van der Waals surface area contributed by atoms with Crippen LogP contribution in [0.2, 0.25) is 0 Å². The molecule has 1 atom stereocenters. The third-order valence-electron chi connectivity index (χ3n) is 4.73. The number of nitrogens with one attached hydrogen (secondary N) is 2. The summed E-state index contributed by atoms with van der Waals surface area (Å²) in [5.41, 5.74) is 2.57. The quantitative estimate of drug-likeness (QED) is 0.737. The van der Waals surface area contributed by atoms with Crippen LogP contribution in [0.25, 0.3) is 0 Å². The Bertz CT molecular complexity index is 835. The van der Waals surface area contributed by atoms with Crippen LogP contribution >= 0.6 is 0 Å². The Morgan fingerprint density at radius 2 is 2.00 bits per heavy atom. The van der Waals surface area contributed by atoms with E-state index < -0.39 is 5.92 Å². The number of aryl methyl sites for hydroxylation is 1. The topological polar surface area (TPSA) is 76.7 Å². The zero-order valence-electron chi connectivity index (χ0n) is 15.6. The second kappa shape index (κ2) is 8.58. The monoisotopic (exact) mass is 368 g/mol. The van der Waals surface area contributed by atoms with Crippen LogP contribution in [-0.4, -0.2) is 32.6 Å². The van der Waals surface area contributed by atoms with Gasteiger partial charge >= 0.3 is 0 Å². The molecular weight excluding hydrogens is 344 g/mol. The van der Waals surface area contributed by atoms with Crippen LogP contribution in [0.4, 0.5) is 5.69 Å². The van der Waals surface area contributed by atoms with E-state index in [9.17, 15) is 9.59 Å². The predicted molar refractivity (Wildman–Crippen MR) is 103 cm³/mol. The van der Waals surface area contributed by atoms with E-state index in [-0.39, 0.29) is 18.2 Å². The number of rotatable bonds is 7. The molecule has 1 heterocycles. The molecule has 0 saturated carbocycles. The Balaban J connectivity index is 1.61. The van der Waals surface area contributed by atoms with Crippen molar-refractivity contribution in [1.29, 1.82) is 0 Å². The van der Waals surface area contributed by atoms with Gasteiger partial charge in [-0.05, 0) is 48.2 Å². The maximum Gasteiger partial charge on any atom is 0.228 e. The summed E-state index contributed by atoms with van der Waals surface area (Å²) < 4.78 is 10.6. The molecule has 142 valence electrons. The molecule has 0 unspecified atom stereocenters. The number of carbonyl (C=O) groups is 2. The maximum atomic E-state index is 12.7. The first-order valence-corrected chi connectivity index (χ1v) is 8.99. The molecule has 2 aromatic rings. The maximum absolute atomic E-state index is 12.7. The molecule has 2 N–H and O–H groups in total. The Kier molecular flexibility index (Phi) is 5.96. The van der Waals surface area contributed by atoms with Crippen LogP contribution in [0.5, 0.6) is 11.5 Å². The van der Waals surface area contributed by atoms with Crippen molar-refractivity contribution in [2.24, 2.45) is 0 Å². The average Bonchev–Trinajstić information content (AvgIpc) is 2.70. The summed E-state index contributed by atoms with van der Waals surface area (Å²) in [5, 5.41) is 5.77. The molecule has 0 radical (unpaired) electrons. The van der Waals surface area contributed by atoms with Crippen LogP contribution < -0.4 is 20.1 Å². The van der Waals surface area contributed by atoms with Gasteiger partial charge in [0.05, 0.1) is 20.1 Å². The Morgan fingerprint density at radius 3 is 2.78 bits per heavy atom. The lowest BCUT2D eigenvalue weighted by Crippen LogP contribution is -2.35. The minimum absolute atomic E-state index is 0.137. The molecule has 27 heavy (non-hydrogen) atoms. The van der Waals surface area contributed by atoms with Gasteiger partial charge in [0.2, 0.25) is 11.8 Å². The fourth-order valence-corrected chi connectivity index (χ4v) is 3.32. The highest BCUT2D eigenvalue weighted by Gasteiger charge is 2.30. The highest BCUT2D eigenvalue weighted by molar-refractivity contribution is 6.01. The second-order valence-electron chi connectivity index (χ2n) is 6.46. The van der Waals surface area contributed by atoms with Crippen molar-refractivity contribution < 1.29 is 19.1 Å². The normalized spacial score (nSPS) is 15.5. The van der Waals surface area contributed by atoms with Crippen LogP contribution in [-0.2, 0) is 16.0 Å². The van der Waals surface area contributed by atoms with Crippen molar-refractivity contribution in [2.45, 2.75) is 25.2 Å². The lowest BCUT2D eigenvalue weighted by Gasteiger charge is -2.25. The molecule has 2 aromatic carbocycles. The molecule has 6 heteroatoms. The van der Waals surface area contributed by atoms with Gasteiger partial charge in [-0.2, -0.15) is 0 Å². The van der Waals surface area contributed by atoms with E-state index >= 15 is 0 Å². The number of benzene rings is 2. The van der Waals surface area contributed by atoms with E-state index in [0.717, 1.165) is 29.7 Å². The van der Waals surface area contributed by atoms with Gasteiger partial charge in [-0.25, -0.2) is 0 Å². The van der Waals surface area contributed by atoms with Crippen molar-refractivity contribution in [1.82, 2.24) is 5.32 Å². The van der Waals surface area contributed by atoms with Crippen molar-refractivity contribution in [3.63, 3.8) is 0 Å².